The van der Waals surface area contributed by atoms with Gasteiger partial charge in [-0.2, -0.15) is 13.2 Å². The minimum absolute atomic E-state index is 0.225. The molecule has 0 saturated heterocycles. The zero-order valence-corrected chi connectivity index (χ0v) is 8.47. The van der Waals surface area contributed by atoms with Crippen LogP contribution in [0.4, 0.5) is 13.2 Å². The van der Waals surface area contributed by atoms with Gasteiger partial charge >= 0.3 is 6.18 Å². The molecule has 1 atom stereocenters. The Morgan fingerprint density at radius 3 is 2.43 bits per heavy atom. The molecule has 0 aromatic carbocycles. The summed E-state index contributed by atoms with van der Waals surface area (Å²) >= 11 is 0. The largest absolute Gasteiger partial charge is 0.401 e. The first-order valence-electron chi connectivity index (χ1n) is 4.35. The van der Waals surface area contributed by atoms with Crippen molar-refractivity contribution in [3.8, 4) is 0 Å². The molecule has 0 spiro atoms. The summed E-state index contributed by atoms with van der Waals surface area (Å²) in [5, 5.41) is 0. The smallest absolute Gasteiger partial charge is 0.385 e. The Hall–Kier alpha value is -0.330. The van der Waals surface area contributed by atoms with E-state index >= 15 is 0 Å². The lowest BCUT2D eigenvalue weighted by molar-refractivity contribution is -0.143. The minimum Gasteiger partial charge on any atom is -0.385 e. The third-order valence-electron chi connectivity index (χ3n) is 1.69. The maximum Gasteiger partial charge on any atom is 0.401 e. The normalized spacial score (nSPS) is 14.8. The third-order valence-corrected chi connectivity index (χ3v) is 1.69. The highest BCUT2D eigenvalue weighted by atomic mass is 19.4. The molecule has 86 valence electrons. The SMILES string of the molecule is COCCC(N)CN(C)CC(F)(F)F. The van der Waals surface area contributed by atoms with Crippen LogP contribution in [0.1, 0.15) is 6.42 Å². The summed E-state index contributed by atoms with van der Waals surface area (Å²) < 4.78 is 40.5. The van der Waals surface area contributed by atoms with Crippen molar-refractivity contribution in [1.82, 2.24) is 4.90 Å². The van der Waals surface area contributed by atoms with E-state index in [0.717, 1.165) is 0 Å². The van der Waals surface area contributed by atoms with Crippen LogP contribution in [0, 0.1) is 0 Å². The first kappa shape index (κ1) is 13.7. The lowest BCUT2D eigenvalue weighted by Gasteiger charge is -2.22. The first-order chi connectivity index (χ1) is 6.35. The molecule has 0 rings (SSSR count). The average molecular weight is 214 g/mol. The van der Waals surface area contributed by atoms with Crippen LogP contribution in [0.25, 0.3) is 0 Å². The van der Waals surface area contributed by atoms with Crippen LogP contribution in [-0.4, -0.2) is 51.0 Å². The Balaban J connectivity index is 3.65. The number of methoxy groups -OCH3 is 1. The molecule has 0 saturated carbocycles. The second-order valence-electron chi connectivity index (χ2n) is 3.35. The van der Waals surface area contributed by atoms with Gasteiger partial charge in [0.1, 0.15) is 0 Å². The number of nitrogens with zero attached hydrogens (tertiary/aromatic N) is 1. The highest BCUT2D eigenvalue weighted by Crippen LogP contribution is 2.15. The number of alkyl halides is 3. The van der Waals surface area contributed by atoms with Crippen molar-refractivity contribution < 1.29 is 17.9 Å². The zero-order valence-electron chi connectivity index (χ0n) is 8.47. The van der Waals surface area contributed by atoms with Gasteiger partial charge in [-0.15, -0.1) is 0 Å². The van der Waals surface area contributed by atoms with Crippen molar-refractivity contribution in [3.63, 3.8) is 0 Å². The summed E-state index contributed by atoms with van der Waals surface area (Å²) in [6.45, 7) is -0.225. The molecule has 0 amide bonds. The van der Waals surface area contributed by atoms with Crippen LogP contribution in [0.15, 0.2) is 0 Å². The molecule has 3 nitrogen and oxygen atoms in total. The quantitative estimate of drug-likeness (QED) is 0.712. The monoisotopic (exact) mass is 214 g/mol. The van der Waals surface area contributed by atoms with Gasteiger partial charge in [0.05, 0.1) is 6.54 Å². The van der Waals surface area contributed by atoms with Gasteiger partial charge < -0.3 is 10.5 Å². The highest BCUT2D eigenvalue weighted by molar-refractivity contribution is 4.67. The van der Waals surface area contributed by atoms with Crippen LogP contribution >= 0.6 is 0 Å². The predicted octanol–water partition coefficient (Wildman–Crippen LogP) is 0.844. The molecular formula is C8H17F3N2O. The third kappa shape index (κ3) is 8.28. The van der Waals surface area contributed by atoms with E-state index in [4.69, 9.17) is 10.5 Å². The fourth-order valence-electron chi connectivity index (χ4n) is 1.13. The lowest BCUT2D eigenvalue weighted by atomic mass is 10.2. The number of hydrogen-bond donors (Lipinski definition) is 1. The molecular weight excluding hydrogens is 197 g/mol. The maximum atomic E-state index is 11.9. The topological polar surface area (TPSA) is 38.5 Å². The van der Waals surface area contributed by atoms with Gasteiger partial charge in [-0.1, -0.05) is 0 Å². The lowest BCUT2D eigenvalue weighted by Crippen LogP contribution is -2.40. The minimum atomic E-state index is -4.16. The van der Waals surface area contributed by atoms with Crippen molar-refractivity contribution in [3.05, 3.63) is 0 Å². The second-order valence-corrected chi connectivity index (χ2v) is 3.35. The highest BCUT2D eigenvalue weighted by Gasteiger charge is 2.29. The van der Waals surface area contributed by atoms with Gasteiger partial charge in [-0.3, -0.25) is 4.90 Å². The molecule has 1 unspecified atom stereocenters. The number of halogens is 3. The van der Waals surface area contributed by atoms with Crippen LogP contribution in [0.5, 0.6) is 0 Å². The van der Waals surface area contributed by atoms with Gasteiger partial charge in [0.2, 0.25) is 0 Å². The molecule has 0 bridgehead atoms. The first-order valence-corrected chi connectivity index (χ1v) is 4.35. The van der Waals surface area contributed by atoms with E-state index in [2.05, 4.69) is 0 Å². The van der Waals surface area contributed by atoms with Gasteiger partial charge in [-0.05, 0) is 13.5 Å². The number of nitrogens with two attached hydrogens (primary N) is 1. The van der Waals surface area contributed by atoms with Crippen molar-refractivity contribution in [2.45, 2.75) is 18.6 Å². The van der Waals surface area contributed by atoms with Crippen molar-refractivity contribution >= 4 is 0 Å². The molecule has 0 aromatic rings. The van der Waals surface area contributed by atoms with Gasteiger partial charge in [0.25, 0.3) is 0 Å². The molecule has 0 fully saturated rings. The van der Waals surface area contributed by atoms with E-state index in [1.165, 1.54) is 19.1 Å². The van der Waals surface area contributed by atoms with Crippen molar-refractivity contribution in [2.24, 2.45) is 5.73 Å². The molecule has 0 radical (unpaired) electrons. The van der Waals surface area contributed by atoms with Crippen LogP contribution in [-0.2, 0) is 4.74 Å². The van der Waals surface area contributed by atoms with Crippen LogP contribution in [0.3, 0.4) is 0 Å². The summed E-state index contributed by atoms with van der Waals surface area (Å²) in [7, 11) is 2.94. The number of rotatable bonds is 6. The molecule has 6 heteroatoms. The van der Waals surface area contributed by atoms with Crippen molar-refractivity contribution in [1.29, 1.82) is 0 Å². The van der Waals surface area contributed by atoms with E-state index in [-0.39, 0.29) is 12.6 Å². The van der Waals surface area contributed by atoms with Gasteiger partial charge in [0, 0.05) is 26.3 Å². The summed E-state index contributed by atoms with van der Waals surface area (Å²) in [5.41, 5.74) is 5.59. The summed E-state index contributed by atoms with van der Waals surface area (Å²) in [6.07, 6.45) is -3.59. The molecule has 2 N–H and O–H groups in total. The predicted molar refractivity (Wildman–Crippen MR) is 48.0 cm³/mol. The average Bonchev–Trinajstić information content (AvgIpc) is 1.96. The van der Waals surface area contributed by atoms with Crippen LogP contribution in [0.2, 0.25) is 0 Å². The molecule has 0 aliphatic rings. The van der Waals surface area contributed by atoms with Crippen molar-refractivity contribution in [2.75, 3.05) is 33.9 Å². The number of hydrogen-bond acceptors (Lipinski definition) is 3. The Bertz CT molecular complexity index is 152. The van der Waals surface area contributed by atoms with E-state index in [1.807, 2.05) is 0 Å². The molecule has 0 aliphatic heterocycles. The second kappa shape index (κ2) is 6.21. The van der Waals surface area contributed by atoms with E-state index in [0.29, 0.717) is 13.0 Å². The van der Waals surface area contributed by atoms with Crippen LogP contribution < -0.4 is 5.73 Å². The van der Waals surface area contributed by atoms with E-state index in [1.54, 1.807) is 0 Å². The van der Waals surface area contributed by atoms with Gasteiger partial charge in [-0.25, -0.2) is 0 Å². The summed E-state index contributed by atoms with van der Waals surface area (Å²) in [4.78, 5) is 1.17. The number of ether oxygens (including phenoxy) is 1. The van der Waals surface area contributed by atoms with E-state index in [9.17, 15) is 13.2 Å². The summed E-state index contributed by atoms with van der Waals surface area (Å²) in [5.74, 6) is 0. The molecule has 0 aliphatic carbocycles. The van der Waals surface area contributed by atoms with E-state index < -0.39 is 12.7 Å². The Kier molecular flexibility index (Phi) is 6.06. The zero-order chi connectivity index (χ0) is 11.2. The Labute approximate surface area is 82.0 Å². The molecule has 14 heavy (non-hydrogen) atoms. The fourth-order valence-corrected chi connectivity index (χ4v) is 1.13. The Morgan fingerprint density at radius 2 is 2.00 bits per heavy atom. The summed E-state index contributed by atoms with van der Waals surface area (Å²) in [6, 6.07) is -0.276. The maximum absolute atomic E-state index is 11.9. The fraction of sp³-hybridized carbons (Fsp3) is 1.00. The molecule has 0 aromatic heterocycles. The number of likely N-dealkylation sites (N-methyl/N-ethyl adjacent to an activating group) is 1. The van der Waals surface area contributed by atoms with Gasteiger partial charge in [0.15, 0.2) is 0 Å². The molecule has 0 heterocycles. The standard InChI is InChI=1S/C8H17F3N2O/c1-13(6-8(9,10)11)5-7(12)3-4-14-2/h7H,3-6,12H2,1-2H3. The Morgan fingerprint density at radius 1 is 1.43 bits per heavy atom.